The molecule has 0 fully saturated rings. The Morgan fingerprint density at radius 2 is 1.14 bits per heavy atom. The highest BCUT2D eigenvalue weighted by molar-refractivity contribution is 5.84. The molecule has 6 nitrogen and oxygen atoms in total. The first-order valence-corrected chi connectivity index (χ1v) is 15.5. The van der Waals surface area contributed by atoms with Crippen molar-refractivity contribution in [3.63, 3.8) is 0 Å². The van der Waals surface area contributed by atoms with E-state index in [4.69, 9.17) is 4.74 Å². The van der Waals surface area contributed by atoms with Crippen LogP contribution in [0.3, 0.4) is 0 Å². The number of hydrogen-bond donors (Lipinski definition) is 2. The van der Waals surface area contributed by atoms with Gasteiger partial charge in [0, 0.05) is 12.8 Å². The smallest absolute Gasteiger partial charge is 0.326 e. The highest BCUT2D eigenvalue weighted by Crippen LogP contribution is 2.13. The molecule has 0 heterocycles. The first kappa shape index (κ1) is 35.4. The number of unbranched alkanes of at least 4 members (excludes halogenated alkanes) is 16. The summed E-state index contributed by atoms with van der Waals surface area (Å²) < 4.78 is 5.25. The predicted octanol–water partition coefficient (Wildman–Crippen LogP) is 8.36. The monoisotopic (exact) mass is 525 g/mol. The molecule has 0 aliphatic rings. The summed E-state index contributed by atoms with van der Waals surface area (Å²) in [5.41, 5.74) is 0. The molecule has 37 heavy (non-hydrogen) atoms. The number of nitrogens with one attached hydrogen (secondary N) is 1. The average Bonchev–Trinajstić information content (AvgIpc) is 2.85. The fourth-order valence-electron chi connectivity index (χ4n) is 4.53. The van der Waals surface area contributed by atoms with Gasteiger partial charge in [0.15, 0.2) is 0 Å². The van der Waals surface area contributed by atoms with Crippen LogP contribution in [0.4, 0.5) is 0 Å². The number of amides is 1. The molecule has 0 unspecified atom stereocenters. The summed E-state index contributed by atoms with van der Waals surface area (Å²) in [4.78, 5) is 35.6. The lowest BCUT2D eigenvalue weighted by Gasteiger charge is -2.14. The highest BCUT2D eigenvalue weighted by Gasteiger charge is 2.21. The van der Waals surface area contributed by atoms with Crippen LogP contribution < -0.4 is 5.32 Å². The number of hydrogen-bond acceptors (Lipinski definition) is 4. The maximum Gasteiger partial charge on any atom is 0.326 e. The SMILES string of the molecule is CCCCCCCCCCCCCC(=O)N[C@@H](CCC(=O)OCCCCCCCCCC(C)C)C(=O)O. The fraction of sp³-hybridized carbons (Fsp3) is 0.903. The Kier molecular flexibility index (Phi) is 24.9. The number of aliphatic carboxylic acids is 1. The average molecular weight is 526 g/mol. The number of esters is 1. The van der Waals surface area contributed by atoms with E-state index in [1.54, 1.807) is 0 Å². The minimum atomic E-state index is -1.10. The Bertz CT molecular complexity index is 564. The van der Waals surface area contributed by atoms with Gasteiger partial charge in [-0.2, -0.15) is 0 Å². The van der Waals surface area contributed by atoms with Crippen molar-refractivity contribution in [2.75, 3.05) is 6.61 Å². The van der Waals surface area contributed by atoms with E-state index >= 15 is 0 Å². The van der Waals surface area contributed by atoms with Crippen LogP contribution in [0.1, 0.15) is 162 Å². The number of carboxylic acids is 1. The van der Waals surface area contributed by atoms with E-state index in [9.17, 15) is 19.5 Å². The van der Waals surface area contributed by atoms with Gasteiger partial charge in [0.05, 0.1) is 6.61 Å². The number of carbonyl (C=O) groups excluding carboxylic acids is 2. The third-order valence-electron chi connectivity index (χ3n) is 6.97. The molecule has 0 aromatic rings. The summed E-state index contributed by atoms with van der Waals surface area (Å²) in [6.07, 6.45) is 23.2. The number of ether oxygens (including phenoxy) is 1. The zero-order valence-corrected chi connectivity index (χ0v) is 24.5. The Morgan fingerprint density at radius 1 is 0.649 bits per heavy atom. The zero-order chi connectivity index (χ0) is 27.6. The Balaban J connectivity index is 3.73. The van der Waals surface area contributed by atoms with Gasteiger partial charge in [-0.25, -0.2) is 4.79 Å². The van der Waals surface area contributed by atoms with Gasteiger partial charge in [0.2, 0.25) is 5.91 Å². The van der Waals surface area contributed by atoms with E-state index in [1.165, 1.54) is 83.5 Å². The van der Waals surface area contributed by atoms with E-state index in [1.807, 2.05) is 0 Å². The summed E-state index contributed by atoms with van der Waals surface area (Å²) in [7, 11) is 0. The lowest BCUT2D eigenvalue weighted by molar-refractivity contribution is -0.145. The van der Waals surface area contributed by atoms with Gasteiger partial charge in [-0.15, -0.1) is 0 Å². The molecule has 0 aromatic heterocycles. The standard InChI is InChI=1S/C31H59NO5/c1-4-5-6-7-8-9-10-11-14-17-20-23-29(33)32-28(31(35)36)24-25-30(34)37-26-21-18-15-12-13-16-19-22-27(2)3/h27-28H,4-26H2,1-3H3,(H,32,33)(H,35,36)/t28-/m0/s1. The third kappa shape index (κ3) is 25.8. The topological polar surface area (TPSA) is 92.7 Å². The molecule has 0 saturated carbocycles. The van der Waals surface area contributed by atoms with Crippen molar-refractivity contribution in [2.24, 2.45) is 5.92 Å². The predicted molar refractivity (Wildman–Crippen MR) is 153 cm³/mol. The molecule has 0 aromatic carbocycles. The quantitative estimate of drug-likeness (QED) is 0.0830. The summed E-state index contributed by atoms with van der Waals surface area (Å²) in [5.74, 6) is -0.954. The molecular weight excluding hydrogens is 466 g/mol. The second-order valence-corrected chi connectivity index (χ2v) is 11.2. The van der Waals surface area contributed by atoms with E-state index in [-0.39, 0.29) is 24.7 Å². The summed E-state index contributed by atoms with van der Waals surface area (Å²) in [6, 6.07) is -1.04. The zero-order valence-electron chi connectivity index (χ0n) is 24.5. The molecule has 1 atom stereocenters. The number of carbonyl (C=O) groups is 3. The van der Waals surface area contributed by atoms with Gasteiger partial charge in [0.25, 0.3) is 0 Å². The molecule has 6 heteroatoms. The normalized spacial score (nSPS) is 12.0. The van der Waals surface area contributed by atoms with Crippen LogP contribution in [0.15, 0.2) is 0 Å². The molecule has 218 valence electrons. The van der Waals surface area contributed by atoms with Crippen LogP contribution in [0.25, 0.3) is 0 Å². The number of rotatable bonds is 27. The molecule has 0 bridgehead atoms. The van der Waals surface area contributed by atoms with Gasteiger partial charge in [-0.1, -0.05) is 130 Å². The summed E-state index contributed by atoms with van der Waals surface area (Å²) in [6.45, 7) is 7.15. The van der Waals surface area contributed by atoms with Gasteiger partial charge in [-0.3, -0.25) is 9.59 Å². The van der Waals surface area contributed by atoms with E-state index in [0.29, 0.717) is 13.0 Å². The van der Waals surface area contributed by atoms with Gasteiger partial charge < -0.3 is 15.2 Å². The van der Waals surface area contributed by atoms with Gasteiger partial charge in [-0.05, 0) is 25.2 Å². The Morgan fingerprint density at radius 3 is 1.65 bits per heavy atom. The van der Waals surface area contributed by atoms with Crippen LogP contribution in [0.2, 0.25) is 0 Å². The first-order valence-electron chi connectivity index (χ1n) is 15.5. The third-order valence-corrected chi connectivity index (χ3v) is 6.97. The molecule has 1 amide bonds. The summed E-state index contributed by atoms with van der Waals surface area (Å²) >= 11 is 0. The fourth-order valence-corrected chi connectivity index (χ4v) is 4.53. The second-order valence-electron chi connectivity index (χ2n) is 11.2. The second kappa shape index (κ2) is 26.0. The van der Waals surface area contributed by atoms with Crippen molar-refractivity contribution in [3.8, 4) is 0 Å². The maximum absolute atomic E-state index is 12.2. The molecule has 0 spiro atoms. The molecule has 0 radical (unpaired) electrons. The molecular formula is C31H59NO5. The van der Waals surface area contributed by atoms with Crippen LogP contribution >= 0.6 is 0 Å². The number of carboxylic acid groups (broad SMARTS) is 1. The lowest BCUT2D eigenvalue weighted by atomic mass is 10.0. The van der Waals surface area contributed by atoms with Crippen LogP contribution in [0.5, 0.6) is 0 Å². The minimum Gasteiger partial charge on any atom is -0.480 e. The van der Waals surface area contributed by atoms with E-state index < -0.39 is 12.0 Å². The van der Waals surface area contributed by atoms with Crippen LogP contribution in [-0.4, -0.2) is 35.6 Å². The highest BCUT2D eigenvalue weighted by atomic mass is 16.5. The van der Waals surface area contributed by atoms with Crippen molar-refractivity contribution in [2.45, 2.75) is 168 Å². The van der Waals surface area contributed by atoms with Crippen LogP contribution in [-0.2, 0) is 19.1 Å². The molecule has 0 aliphatic heterocycles. The Labute approximate surface area is 228 Å². The first-order chi connectivity index (χ1) is 17.9. The van der Waals surface area contributed by atoms with Crippen molar-refractivity contribution >= 4 is 17.8 Å². The van der Waals surface area contributed by atoms with Gasteiger partial charge in [0.1, 0.15) is 6.04 Å². The molecule has 2 N–H and O–H groups in total. The van der Waals surface area contributed by atoms with Crippen molar-refractivity contribution in [1.29, 1.82) is 0 Å². The molecule has 0 aliphatic carbocycles. The van der Waals surface area contributed by atoms with Crippen molar-refractivity contribution in [1.82, 2.24) is 5.32 Å². The largest absolute Gasteiger partial charge is 0.480 e. The Hall–Kier alpha value is -1.59. The van der Waals surface area contributed by atoms with Crippen molar-refractivity contribution in [3.05, 3.63) is 0 Å². The lowest BCUT2D eigenvalue weighted by Crippen LogP contribution is -2.41. The molecule has 0 rings (SSSR count). The van der Waals surface area contributed by atoms with Crippen LogP contribution in [0, 0.1) is 5.92 Å². The maximum atomic E-state index is 12.2. The summed E-state index contributed by atoms with van der Waals surface area (Å²) in [5, 5.41) is 12.0. The van der Waals surface area contributed by atoms with Gasteiger partial charge >= 0.3 is 11.9 Å². The van der Waals surface area contributed by atoms with E-state index in [2.05, 4.69) is 26.1 Å². The van der Waals surface area contributed by atoms with Crippen molar-refractivity contribution < 1.29 is 24.2 Å². The minimum absolute atomic E-state index is 0.00550. The molecule has 0 saturated heterocycles. The van der Waals surface area contributed by atoms with E-state index in [0.717, 1.165) is 44.4 Å².